The molecular weight excluding hydrogens is 352 g/mol. The van der Waals surface area contributed by atoms with E-state index in [1.165, 1.54) is 64.2 Å². The number of unbranched alkanes of at least 4 members (excludes halogenated alkanes) is 10. The lowest BCUT2D eigenvalue weighted by Crippen LogP contribution is -2.34. The topological polar surface area (TPSA) is 63.6 Å². The van der Waals surface area contributed by atoms with Crippen LogP contribution in [-0.2, 0) is 14.3 Å². The summed E-state index contributed by atoms with van der Waals surface area (Å²) < 4.78 is 5.68. The van der Waals surface area contributed by atoms with Gasteiger partial charge in [-0.1, -0.05) is 90.2 Å². The highest BCUT2D eigenvalue weighted by Crippen LogP contribution is 2.28. The number of carbonyl (C=O) groups is 2. The fraction of sp³-hybridized carbons (Fsp3) is 0.833. The largest absolute Gasteiger partial charge is 0.481 e. The lowest BCUT2D eigenvalue weighted by molar-refractivity contribution is -0.162. The van der Waals surface area contributed by atoms with Gasteiger partial charge in [-0.15, -0.1) is 0 Å². The summed E-state index contributed by atoms with van der Waals surface area (Å²) in [6, 6.07) is 0. The molecule has 4 nitrogen and oxygen atoms in total. The Morgan fingerprint density at radius 2 is 1.36 bits per heavy atom. The molecule has 1 rings (SSSR count). The molecule has 0 saturated heterocycles. The highest BCUT2D eigenvalue weighted by molar-refractivity contribution is 5.81. The molecule has 1 aliphatic rings. The van der Waals surface area contributed by atoms with Crippen molar-refractivity contribution in [3.8, 4) is 0 Å². The molecule has 1 aliphatic carbocycles. The molecule has 3 unspecified atom stereocenters. The van der Waals surface area contributed by atoms with Gasteiger partial charge in [0.15, 0.2) is 0 Å². The van der Waals surface area contributed by atoms with Crippen LogP contribution in [0.2, 0.25) is 0 Å². The first-order valence-electron chi connectivity index (χ1n) is 11.7. The Balaban J connectivity index is 2.13. The first-order chi connectivity index (χ1) is 13.6. The highest BCUT2D eigenvalue weighted by Gasteiger charge is 2.35. The average Bonchev–Trinajstić information content (AvgIpc) is 2.70. The zero-order valence-corrected chi connectivity index (χ0v) is 18.2. The van der Waals surface area contributed by atoms with Crippen LogP contribution in [0.25, 0.3) is 0 Å². The number of ether oxygens (including phenoxy) is 1. The highest BCUT2D eigenvalue weighted by atomic mass is 16.5. The maximum atomic E-state index is 12.5. The first-order valence-corrected chi connectivity index (χ1v) is 11.7. The van der Waals surface area contributed by atoms with E-state index in [1.807, 2.05) is 19.1 Å². The average molecular weight is 395 g/mol. The Morgan fingerprint density at radius 1 is 0.857 bits per heavy atom. The Hall–Kier alpha value is -1.32. The molecule has 0 radical (unpaired) electrons. The van der Waals surface area contributed by atoms with Crippen LogP contribution in [0.5, 0.6) is 0 Å². The lowest BCUT2D eigenvalue weighted by atomic mass is 9.83. The maximum Gasteiger partial charge on any atom is 0.310 e. The molecular formula is C24H42O4. The van der Waals surface area contributed by atoms with Gasteiger partial charge < -0.3 is 9.84 Å². The predicted octanol–water partition coefficient (Wildman–Crippen LogP) is 6.68. The van der Waals surface area contributed by atoms with E-state index in [0.29, 0.717) is 12.8 Å². The minimum Gasteiger partial charge on any atom is -0.481 e. The fourth-order valence-electron chi connectivity index (χ4n) is 3.98. The molecule has 0 bridgehead atoms. The Kier molecular flexibility index (Phi) is 13.8. The van der Waals surface area contributed by atoms with Crippen LogP contribution in [-0.4, -0.2) is 23.1 Å². The molecule has 0 aliphatic heterocycles. The molecule has 0 spiro atoms. The number of carboxylic acids is 1. The predicted molar refractivity (Wildman–Crippen MR) is 114 cm³/mol. The number of carbonyl (C=O) groups excluding carboxylic acids is 1. The first kappa shape index (κ1) is 24.7. The van der Waals surface area contributed by atoms with Crippen molar-refractivity contribution in [2.45, 2.75) is 116 Å². The number of allylic oxidation sites excluding steroid dienone is 2. The molecule has 0 aromatic carbocycles. The SMILES string of the molecule is CCCCCCCCCCCCCC(CC)OC(=O)C1CC=CCC1C(=O)O. The van der Waals surface area contributed by atoms with E-state index in [2.05, 4.69) is 6.92 Å². The third-order valence-corrected chi connectivity index (χ3v) is 5.92. The summed E-state index contributed by atoms with van der Waals surface area (Å²) in [5, 5.41) is 9.32. The third-order valence-electron chi connectivity index (χ3n) is 5.92. The second-order valence-corrected chi connectivity index (χ2v) is 8.29. The van der Waals surface area contributed by atoms with Gasteiger partial charge in [0, 0.05) is 0 Å². The molecule has 0 saturated carbocycles. The second kappa shape index (κ2) is 15.6. The van der Waals surface area contributed by atoms with Gasteiger partial charge in [0.2, 0.25) is 0 Å². The summed E-state index contributed by atoms with van der Waals surface area (Å²) in [7, 11) is 0. The molecule has 3 atom stereocenters. The minimum atomic E-state index is -0.898. The Bertz CT molecular complexity index is 458. The van der Waals surface area contributed by atoms with Crippen LogP contribution >= 0.6 is 0 Å². The van der Waals surface area contributed by atoms with Gasteiger partial charge in [-0.3, -0.25) is 9.59 Å². The van der Waals surface area contributed by atoms with Gasteiger partial charge in [-0.2, -0.15) is 0 Å². The van der Waals surface area contributed by atoms with Gasteiger partial charge in [0.1, 0.15) is 6.10 Å². The van der Waals surface area contributed by atoms with Crippen LogP contribution in [0.4, 0.5) is 0 Å². The van der Waals surface area contributed by atoms with E-state index >= 15 is 0 Å². The smallest absolute Gasteiger partial charge is 0.310 e. The van der Waals surface area contributed by atoms with Gasteiger partial charge in [0.05, 0.1) is 11.8 Å². The number of esters is 1. The van der Waals surface area contributed by atoms with Crippen molar-refractivity contribution in [2.24, 2.45) is 11.8 Å². The number of aliphatic carboxylic acids is 1. The second-order valence-electron chi connectivity index (χ2n) is 8.29. The van der Waals surface area contributed by atoms with Crippen molar-refractivity contribution in [1.29, 1.82) is 0 Å². The molecule has 0 amide bonds. The third kappa shape index (κ3) is 10.3. The fourth-order valence-corrected chi connectivity index (χ4v) is 3.98. The summed E-state index contributed by atoms with van der Waals surface area (Å²) >= 11 is 0. The number of carboxylic acid groups (broad SMARTS) is 1. The molecule has 0 aromatic rings. The van der Waals surface area contributed by atoms with Crippen molar-refractivity contribution < 1.29 is 19.4 Å². The summed E-state index contributed by atoms with van der Waals surface area (Å²) in [5.41, 5.74) is 0. The summed E-state index contributed by atoms with van der Waals surface area (Å²) in [5.74, 6) is -2.40. The van der Waals surface area contributed by atoms with Crippen molar-refractivity contribution in [2.75, 3.05) is 0 Å². The molecule has 1 N–H and O–H groups in total. The molecule has 0 fully saturated rings. The van der Waals surface area contributed by atoms with Crippen molar-refractivity contribution in [3.63, 3.8) is 0 Å². The van der Waals surface area contributed by atoms with Gasteiger partial charge in [-0.05, 0) is 32.1 Å². The van der Waals surface area contributed by atoms with Crippen molar-refractivity contribution >= 4 is 11.9 Å². The van der Waals surface area contributed by atoms with E-state index in [-0.39, 0.29) is 12.1 Å². The molecule has 162 valence electrons. The van der Waals surface area contributed by atoms with Crippen LogP contribution < -0.4 is 0 Å². The molecule has 28 heavy (non-hydrogen) atoms. The Morgan fingerprint density at radius 3 is 1.86 bits per heavy atom. The molecule has 0 heterocycles. The van der Waals surface area contributed by atoms with Crippen molar-refractivity contribution in [1.82, 2.24) is 0 Å². The van der Waals surface area contributed by atoms with Crippen LogP contribution in [0.1, 0.15) is 110 Å². The van der Waals surface area contributed by atoms with Crippen LogP contribution in [0, 0.1) is 11.8 Å². The monoisotopic (exact) mass is 394 g/mol. The lowest BCUT2D eigenvalue weighted by Gasteiger charge is -2.26. The van der Waals surface area contributed by atoms with Gasteiger partial charge in [-0.25, -0.2) is 0 Å². The van der Waals surface area contributed by atoms with Gasteiger partial charge >= 0.3 is 11.9 Å². The van der Waals surface area contributed by atoms with E-state index in [1.54, 1.807) is 0 Å². The minimum absolute atomic E-state index is 0.0774. The quantitative estimate of drug-likeness (QED) is 0.180. The van der Waals surface area contributed by atoms with Gasteiger partial charge in [0.25, 0.3) is 0 Å². The van der Waals surface area contributed by atoms with E-state index in [9.17, 15) is 14.7 Å². The maximum absolute atomic E-state index is 12.5. The number of rotatable bonds is 16. The molecule has 0 aromatic heterocycles. The van der Waals surface area contributed by atoms with E-state index in [0.717, 1.165) is 19.3 Å². The standard InChI is InChI=1S/C24H42O4/c1-3-5-6-7-8-9-10-11-12-13-14-17-20(4-2)28-24(27)22-19-16-15-18-21(22)23(25)26/h15-16,20-22H,3-14,17-19H2,1-2H3,(H,25,26). The summed E-state index contributed by atoms with van der Waals surface area (Å²) in [4.78, 5) is 23.8. The molecule has 4 heteroatoms. The van der Waals surface area contributed by atoms with E-state index < -0.39 is 17.8 Å². The van der Waals surface area contributed by atoms with Crippen molar-refractivity contribution in [3.05, 3.63) is 12.2 Å². The van der Waals surface area contributed by atoms with Crippen LogP contribution in [0.15, 0.2) is 12.2 Å². The van der Waals surface area contributed by atoms with Crippen LogP contribution in [0.3, 0.4) is 0 Å². The van der Waals surface area contributed by atoms with E-state index in [4.69, 9.17) is 4.74 Å². The summed E-state index contributed by atoms with van der Waals surface area (Å²) in [6.45, 7) is 4.29. The Labute approximate surface area is 172 Å². The zero-order valence-electron chi connectivity index (χ0n) is 18.2. The normalized spacial score (nSPS) is 20.1. The zero-order chi connectivity index (χ0) is 20.6. The number of hydrogen-bond donors (Lipinski definition) is 1. The summed E-state index contributed by atoms with van der Waals surface area (Å²) in [6.07, 6.45) is 20.6. The number of hydrogen-bond acceptors (Lipinski definition) is 3.